The number of carbonyl (C=O) groups excluding carboxylic acids is 2. The molecule has 1 N–H and O–H groups in total. The molecule has 2 heterocycles. The monoisotopic (exact) mass is 459 g/mol. The van der Waals surface area contributed by atoms with E-state index in [4.69, 9.17) is 20.8 Å². The topological polar surface area (TPSA) is 80.0 Å². The lowest BCUT2D eigenvalue weighted by atomic mass is 9.99. The fourth-order valence-corrected chi connectivity index (χ4v) is 3.69. The van der Waals surface area contributed by atoms with E-state index >= 15 is 0 Å². The number of carbonyl (C=O) groups is 2. The van der Waals surface area contributed by atoms with Crippen molar-refractivity contribution in [2.45, 2.75) is 13.0 Å². The second-order valence-corrected chi connectivity index (χ2v) is 7.27. The van der Waals surface area contributed by atoms with Crippen LogP contribution in [0.25, 0.3) is 5.76 Å². The van der Waals surface area contributed by atoms with Crippen molar-refractivity contribution in [2.75, 3.05) is 11.5 Å². The molecule has 1 aliphatic rings. The van der Waals surface area contributed by atoms with E-state index in [1.807, 2.05) is 0 Å². The summed E-state index contributed by atoms with van der Waals surface area (Å²) >= 11 is 6.10. The summed E-state index contributed by atoms with van der Waals surface area (Å²) in [5, 5.41) is 11.3. The molecule has 4 rings (SSSR count). The number of aliphatic hydroxyl groups excluding tert-OH is 1. The van der Waals surface area contributed by atoms with Gasteiger partial charge < -0.3 is 14.3 Å². The van der Waals surface area contributed by atoms with Crippen LogP contribution in [-0.2, 0) is 9.59 Å². The molecule has 1 amide bonds. The number of amides is 1. The number of nitrogens with zero attached hydrogens (tertiary/aromatic N) is 1. The Labute approximate surface area is 186 Å². The molecule has 1 fully saturated rings. The van der Waals surface area contributed by atoms with Crippen LogP contribution in [0.3, 0.4) is 0 Å². The molecular formula is C23H16ClF2NO5. The summed E-state index contributed by atoms with van der Waals surface area (Å²) in [7, 11) is 0. The molecule has 1 aromatic heterocycles. The van der Waals surface area contributed by atoms with E-state index in [0.29, 0.717) is 11.6 Å². The van der Waals surface area contributed by atoms with E-state index in [1.54, 1.807) is 6.92 Å². The molecule has 0 aliphatic carbocycles. The third kappa shape index (κ3) is 3.62. The average Bonchev–Trinajstić information content (AvgIpc) is 3.39. The maximum atomic E-state index is 13.9. The van der Waals surface area contributed by atoms with Crippen LogP contribution in [-0.4, -0.2) is 23.4 Å². The van der Waals surface area contributed by atoms with Crippen LogP contribution in [0.2, 0.25) is 5.02 Å². The van der Waals surface area contributed by atoms with Gasteiger partial charge in [0.2, 0.25) is 0 Å². The lowest BCUT2D eigenvalue weighted by Gasteiger charge is -2.23. The summed E-state index contributed by atoms with van der Waals surface area (Å²) in [6.07, 6.45) is 1.33. The van der Waals surface area contributed by atoms with Crippen LogP contribution in [0, 0.1) is 11.6 Å². The summed E-state index contributed by atoms with van der Waals surface area (Å²) < 4.78 is 38.2. The van der Waals surface area contributed by atoms with Crippen molar-refractivity contribution in [3.05, 3.63) is 88.3 Å². The van der Waals surface area contributed by atoms with Gasteiger partial charge in [0.15, 0.2) is 11.6 Å². The van der Waals surface area contributed by atoms with Crippen LogP contribution < -0.4 is 9.64 Å². The highest BCUT2D eigenvalue weighted by Crippen LogP contribution is 2.43. The standard InChI is InChI=1S/C23H16ClF2NO5/c1-2-31-18-10-12(5-7-14(18)24)21(28)19-20(17-4-3-9-32-17)27(23(30)22(19)29)13-6-8-15(25)16(26)11-13/h3-11,20,28H,2H2,1H3/b21-19-. The third-order valence-electron chi connectivity index (χ3n) is 4.94. The average molecular weight is 460 g/mol. The summed E-state index contributed by atoms with van der Waals surface area (Å²) in [5.41, 5.74) is -0.172. The highest BCUT2D eigenvalue weighted by molar-refractivity contribution is 6.51. The Kier molecular flexibility index (Phi) is 5.71. The lowest BCUT2D eigenvalue weighted by molar-refractivity contribution is -0.132. The number of Topliss-reactive ketones (excluding diaryl/α,β-unsaturated/α-hetero) is 1. The Balaban J connectivity index is 1.91. The van der Waals surface area contributed by atoms with Gasteiger partial charge in [0.1, 0.15) is 23.3 Å². The van der Waals surface area contributed by atoms with Gasteiger partial charge in [0.25, 0.3) is 11.7 Å². The van der Waals surface area contributed by atoms with Crippen molar-refractivity contribution in [3.63, 3.8) is 0 Å². The van der Waals surface area contributed by atoms with Crippen LogP contribution in [0.5, 0.6) is 5.75 Å². The van der Waals surface area contributed by atoms with Gasteiger partial charge in [0.05, 0.1) is 23.5 Å². The predicted octanol–water partition coefficient (Wildman–Crippen LogP) is 5.24. The van der Waals surface area contributed by atoms with E-state index in [9.17, 15) is 23.5 Å². The van der Waals surface area contributed by atoms with Gasteiger partial charge in [-0.1, -0.05) is 11.6 Å². The zero-order valence-corrected chi connectivity index (χ0v) is 17.4. The molecule has 1 atom stereocenters. The molecule has 164 valence electrons. The van der Waals surface area contributed by atoms with Crippen LogP contribution in [0.4, 0.5) is 14.5 Å². The van der Waals surface area contributed by atoms with Gasteiger partial charge in [-0.05, 0) is 49.4 Å². The van der Waals surface area contributed by atoms with Crippen molar-refractivity contribution in [2.24, 2.45) is 0 Å². The number of ether oxygens (including phenoxy) is 1. The molecule has 6 nitrogen and oxygen atoms in total. The molecule has 0 bridgehead atoms. The first-order valence-corrected chi connectivity index (χ1v) is 9.93. The normalized spacial score (nSPS) is 17.8. The minimum atomic E-state index is -1.21. The highest BCUT2D eigenvalue weighted by atomic mass is 35.5. The fourth-order valence-electron chi connectivity index (χ4n) is 3.52. The summed E-state index contributed by atoms with van der Waals surface area (Å²) in [4.78, 5) is 26.8. The molecular weight excluding hydrogens is 444 g/mol. The third-order valence-corrected chi connectivity index (χ3v) is 5.26. The minimum Gasteiger partial charge on any atom is -0.507 e. The molecule has 1 unspecified atom stereocenters. The number of furan rings is 1. The number of hydrogen-bond donors (Lipinski definition) is 1. The van der Waals surface area contributed by atoms with E-state index in [0.717, 1.165) is 23.1 Å². The molecule has 9 heteroatoms. The van der Waals surface area contributed by atoms with E-state index in [1.165, 1.54) is 36.6 Å². The van der Waals surface area contributed by atoms with Gasteiger partial charge in [-0.25, -0.2) is 8.78 Å². The first kappa shape index (κ1) is 21.6. The van der Waals surface area contributed by atoms with E-state index in [-0.39, 0.29) is 28.3 Å². The smallest absolute Gasteiger partial charge is 0.300 e. The maximum Gasteiger partial charge on any atom is 0.300 e. The number of halogens is 3. The van der Waals surface area contributed by atoms with Gasteiger partial charge >= 0.3 is 0 Å². The maximum absolute atomic E-state index is 13.9. The van der Waals surface area contributed by atoms with Crippen molar-refractivity contribution in [1.82, 2.24) is 0 Å². The van der Waals surface area contributed by atoms with Crippen LogP contribution in [0.1, 0.15) is 24.3 Å². The molecule has 1 aliphatic heterocycles. The largest absolute Gasteiger partial charge is 0.507 e. The first-order chi connectivity index (χ1) is 15.3. The molecule has 1 saturated heterocycles. The van der Waals surface area contributed by atoms with E-state index in [2.05, 4.69) is 0 Å². The molecule has 2 aromatic carbocycles. The molecule has 32 heavy (non-hydrogen) atoms. The van der Waals surface area contributed by atoms with Gasteiger partial charge in [-0.15, -0.1) is 0 Å². The summed E-state index contributed by atoms with van der Waals surface area (Å²) in [6, 6.07) is 9.02. The molecule has 3 aromatic rings. The van der Waals surface area contributed by atoms with Gasteiger partial charge in [-0.2, -0.15) is 0 Å². The number of ketones is 1. The molecule has 0 radical (unpaired) electrons. The predicted molar refractivity (Wildman–Crippen MR) is 112 cm³/mol. The molecule has 0 spiro atoms. The first-order valence-electron chi connectivity index (χ1n) is 9.55. The Morgan fingerprint density at radius 3 is 2.59 bits per heavy atom. The number of benzene rings is 2. The number of hydrogen-bond acceptors (Lipinski definition) is 5. The zero-order valence-electron chi connectivity index (χ0n) is 16.6. The Morgan fingerprint density at radius 2 is 1.94 bits per heavy atom. The second kappa shape index (κ2) is 8.47. The quantitative estimate of drug-likeness (QED) is 0.321. The summed E-state index contributed by atoms with van der Waals surface area (Å²) in [5.74, 6) is -4.41. The van der Waals surface area contributed by atoms with E-state index < -0.39 is 35.1 Å². The minimum absolute atomic E-state index is 0.0717. The lowest BCUT2D eigenvalue weighted by Crippen LogP contribution is -2.29. The van der Waals surface area contributed by atoms with Crippen molar-refractivity contribution >= 4 is 34.7 Å². The SMILES string of the molecule is CCOc1cc(/C(O)=C2/C(=O)C(=O)N(c3ccc(F)c(F)c3)C2c2ccco2)ccc1Cl. The van der Waals surface area contributed by atoms with Crippen molar-refractivity contribution in [3.8, 4) is 5.75 Å². The Hall–Kier alpha value is -3.65. The fraction of sp³-hybridized carbons (Fsp3) is 0.130. The Bertz CT molecular complexity index is 1240. The van der Waals surface area contributed by atoms with Crippen molar-refractivity contribution < 1.29 is 32.6 Å². The van der Waals surface area contributed by atoms with Crippen molar-refractivity contribution in [1.29, 1.82) is 0 Å². The second-order valence-electron chi connectivity index (χ2n) is 6.86. The molecule has 0 saturated carbocycles. The number of rotatable bonds is 5. The van der Waals surface area contributed by atoms with Crippen LogP contribution in [0.15, 0.2) is 64.8 Å². The zero-order chi connectivity index (χ0) is 23.0. The van der Waals surface area contributed by atoms with Crippen LogP contribution >= 0.6 is 11.6 Å². The Morgan fingerprint density at radius 1 is 1.16 bits per heavy atom. The number of anilines is 1. The summed E-state index contributed by atoms with van der Waals surface area (Å²) in [6.45, 7) is 2.07. The van der Waals surface area contributed by atoms with Gasteiger partial charge in [0, 0.05) is 17.3 Å². The highest BCUT2D eigenvalue weighted by Gasteiger charge is 2.48. The van der Waals surface area contributed by atoms with Gasteiger partial charge in [-0.3, -0.25) is 14.5 Å². The number of aliphatic hydroxyl groups is 1.